The van der Waals surface area contributed by atoms with Gasteiger partial charge >= 0.3 is 5.97 Å². The van der Waals surface area contributed by atoms with E-state index in [2.05, 4.69) is 28.6 Å². The summed E-state index contributed by atoms with van der Waals surface area (Å²) in [4.78, 5) is 14.4. The highest BCUT2D eigenvalue weighted by atomic mass is 32.2. The van der Waals surface area contributed by atoms with Crippen LogP contribution in [0.5, 0.6) is 5.75 Å². The molecule has 0 spiro atoms. The molecule has 222 valence electrons. The molecule has 8 nitrogen and oxygen atoms in total. The van der Waals surface area contributed by atoms with E-state index < -0.39 is 20.7 Å². The summed E-state index contributed by atoms with van der Waals surface area (Å²) in [6, 6.07) is 11.7. The molecule has 2 aliphatic carbocycles. The second-order valence-corrected chi connectivity index (χ2v) is 15.6. The van der Waals surface area contributed by atoms with Gasteiger partial charge in [0.25, 0.3) is 0 Å². The van der Waals surface area contributed by atoms with Gasteiger partial charge in [-0.2, -0.15) is 4.31 Å². The quantitative estimate of drug-likeness (QED) is 0.428. The number of rotatable bonds is 5. The minimum Gasteiger partial charge on any atom is -0.497 e. The van der Waals surface area contributed by atoms with Gasteiger partial charge in [-0.15, -0.1) is 0 Å². The van der Waals surface area contributed by atoms with Crippen LogP contribution in [0.15, 0.2) is 36.4 Å². The number of aromatic nitrogens is 1. The van der Waals surface area contributed by atoms with E-state index in [4.69, 9.17) is 4.74 Å². The van der Waals surface area contributed by atoms with Crippen molar-refractivity contribution in [1.29, 1.82) is 0 Å². The second-order valence-electron chi connectivity index (χ2n) is 13.4. The van der Waals surface area contributed by atoms with Gasteiger partial charge < -0.3 is 19.3 Å². The Morgan fingerprint density at radius 2 is 1.74 bits per heavy atom. The Morgan fingerprint density at radius 3 is 2.43 bits per heavy atom. The number of carbonyl (C=O) groups is 1. The minimum absolute atomic E-state index is 0.0136. The van der Waals surface area contributed by atoms with Crippen LogP contribution in [-0.2, 0) is 16.6 Å². The van der Waals surface area contributed by atoms with Crippen molar-refractivity contribution in [2.75, 3.05) is 27.2 Å². The Balaban J connectivity index is 1.38. The molecule has 2 aromatic carbocycles. The van der Waals surface area contributed by atoms with E-state index in [-0.39, 0.29) is 23.6 Å². The number of nitrogens with zero attached hydrogens (tertiary/aromatic N) is 3. The first kappa shape index (κ1) is 26.7. The number of likely N-dealkylation sites (N-methyl/N-ethyl adjacent to an activating group) is 1. The molecule has 0 radical (unpaired) electrons. The second kappa shape index (κ2) is 9.31. The van der Waals surface area contributed by atoms with Gasteiger partial charge in [0.15, 0.2) is 0 Å². The van der Waals surface area contributed by atoms with Crippen LogP contribution in [0.25, 0.3) is 22.2 Å². The normalized spacial score (nSPS) is 29.5. The summed E-state index contributed by atoms with van der Waals surface area (Å²) in [5.74, 6) is -0.00307. The van der Waals surface area contributed by atoms with Crippen LogP contribution in [0.1, 0.15) is 84.7 Å². The van der Waals surface area contributed by atoms with Crippen molar-refractivity contribution in [1.82, 2.24) is 13.8 Å². The molecule has 3 aliphatic heterocycles. The zero-order chi connectivity index (χ0) is 29.0. The van der Waals surface area contributed by atoms with E-state index >= 15 is 0 Å². The molecular weight excluding hydrogens is 550 g/mol. The average Bonchev–Trinajstić information content (AvgIpc) is 3.58. The maximum Gasteiger partial charge on any atom is 0.335 e. The molecule has 5 aliphatic rings. The standard InChI is InChI=1S/C33H39N3O5S/c1-34-17-22-9-10-23(18-34)36(22)42(39,40)33-16-28(33)27-15-24(41-2)11-13-25(27)31-30(20-6-4-3-5-7-20)26-12-8-21(32(37)38)14-29(26)35(31)19-33/h8,11-15,20,22-23,28H,3-7,9-10,16-19H2,1-2H3,(H,37,38). The number of hydrogen-bond donors (Lipinski definition) is 1. The van der Waals surface area contributed by atoms with Gasteiger partial charge in [-0.25, -0.2) is 13.2 Å². The molecule has 4 heterocycles. The van der Waals surface area contributed by atoms with Crippen LogP contribution in [-0.4, -0.2) is 77.3 Å². The third-order valence-corrected chi connectivity index (χ3v) is 13.9. The Morgan fingerprint density at radius 1 is 1.00 bits per heavy atom. The summed E-state index contributed by atoms with van der Waals surface area (Å²) in [6.45, 7) is 1.88. The summed E-state index contributed by atoms with van der Waals surface area (Å²) >= 11 is 0. The van der Waals surface area contributed by atoms with Gasteiger partial charge in [-0.3, -0.25) is 0 Å². The number of sulfonamides is 1. The molecule has 4 fully saturated rings. The molecule has 9 heteroatoms. The molecule has 8 rings (SSSR count). The number of benzene rings is 2. The first-order valence-corrected chi connectivity index (χ1v) is 17.0. The lowest BCUT2D eigenvalue weighted by molar-refractivity contribution is 0.0697. The first-order valence-electron chi connectivity index (χ1n) is 15.5. The van der Waals surface area contributed by atoms with Gasteiger partial charge in [-0.1, -0.05) is 25.3 Å². The summed E-state index contributed by atoms with van der Waals surface area (Å²) in [5, 5.41) is 11.0. The maximum atomic E-state index is 15.0. The summed E-state index contributed by atoms with van der Waals surface area (Å²) in [5.41, 5.74) is 5.55. The van der Waals surface area contributed by atoms with Crippen LogP contribution in [0.4, 0.5) is 0 Å². The van der Waals surface area contributed by atoms with Crippen LogP contribution >= 0.6 is 0 Å². The summed E-state index contributed by atoms with van der Waals surface area (Å²) in [7, 11) is 0.0716. The Bertz CT molecular complexity index is 1710. The minimum atomic E-state index is -3.68. The van der Waals surface area contributed by atoms with Gasteiger partial charge in [-0.05, 0) is 86.5 Å². The zero-order valence-electron chi connectivity index (χ0n) is 24.4. The monoisotopic (exact) mass is 589 g/mol. The van der Waals surface area contributed by atoms with E-state index in [0.29, 0.717) is 18.9 Å². The van der Waals surface area contributed by atoms with Gasteiger partial charge in [0, 0.05) is 54.1 Å². The largest absolute Gasteiger partial charge is 0.497 e. The molecule has 4 atom stereocenters. The first-order chi connectivity index (χ1) is 20.2. The third-order valence-electron chi connectivity index (χ3n) is 11.1. The van der Waals surface area contributed by atoms with Crippen molar-refractivity contribution < 1.29 is 23.1 Å². The highest BCUT2D eigenvalue weighted by Crippen LogP contribution is 2.65. The van der Waals surface area contributed by atoms with Crippen molar-refractivity contribution in [3.8, 4) is 17.0 Å². The van der Waals surface area contributed by atoms with Crippen molar-refractivity contribution in [3.05, 3.63) is 53.1 Å². The van der Waals surface area contributed by atoms with Crippen molar-refractivity contribution in [2.45, 2.75) is 86.6 Å². The highest BCUT2D eigenvalue weighted by molar-refractivity contribution is 7.91. The number of ether oxygens (including phenoxy) is 1. The van der Waals surface area contributed by atoms with Crippen LogP contribution in [0.2, 0.25) is 0 Å². The van der Waals surface area contributed by atoms with Crippen LogP contribution < -0.4 is 4.74 Å². The van der Waals surface area contributed by atoms with Crippen LogP contribution in [0.3, 0.4) is 0 Å². The number of aromatic carboxylic acids is 1. The molecule has 1 N–H and O–H groups in total. The molecule has 0 amide bonds. The number of likely N-dealkylation sites (tertiary alicyclic amines) is 1. The van der Waals surface area contributed by atoms with E-state index in [1.165, 1.54) is 24.8 Å². The lowest BCUT2D eigenvalue weighted by Gasteiger charge is -2.40. The van der Waals surface area contributed by atoms with E-state index in [1.54, 1.807) is 19.2 Å². The molecule has 4 unspecified atom stereocenters. The molecule has 1 aromatic heterocycles. The maximum absolute atomic E-state index is 15.0. The predicted octanol–water partition coefficient (Wildman–Crippen LogP) is 5.41. The number of carboxylic acid groups (broad SMARTS) is 1. The number of piperazine rings is 1. The fourth-order valence-corrected chi connectivity index (χ4v) is 11.8. The molecule has 2 saturated carbocycles. The topological polar surface area (TPSA) is 92.1 Å². The number of carboxylic acids is 1. The van der Waals surface area contributed by atoms with Gasteiger partial charge in [0.05, 0.1) is 18.4 Å². The Hall–Kier alpha value is -2.88. The van der Waals surface area contributed by atoms with E-state index in [0.717, 1.165) is 72.2 Å². The smallest absolute Gasteiger partial charge is 0.335 e. The van der Waals surface area contributed by atoms with Gasteiger partial charge in [0.1, 0.15) is 10.5 Å². The highest BCUT2D eigenvalue weighted by Gasteiger charge is 2.69. The Kier molecular flexibility index (Phi) is 5.92. The zero-order valence-corrected chi connectivity index (χ0v) is 25.2. The lowest BCUT2D eigenvalue weighted by Crippen LogP contribution is -2.57. The predicted molar refractivity (Wildman–Crippen MR) is 162 cm³/mol. The number of fused-ring (bicyclic) bond motifs is 9. The van der Waals surface area contributed by atoms with Crippen molar-refractivity contribution >= 4 is 26.9 Å². The van der Waals surface area contributed by atoms with Crippen LogP contribution in [0, 0.1) is 0 Å². The Labute approximate surface area is 247 Å². The number of methoxy groups -OCH3 is 1. The average molecular weight is 590 g/mol. The van der Waals surface area contributed by atoms with Crippen molar-refractivity contribution in [2.24, 2.45) is 0 Å². The van der Waals surface area contributed by atoms with Gasteiger partial charge in [0.2, 0.25) is 10.0 Å². The van der Waals surface area contributed by atoms with E-state index in [9.17, 15) is 18.3 Å². The number of hydrogen-bond acceptors (Lipinski definition) is 5. The molecule has 2 bridgehead atoms. The van der Waals surface area contributed by atoms with Crippen molar-refractivity contribution in [3.63, 3.8) is 0 Å². The molecule has 42 heavy (non-hydrogen) atoms. The lowest BCUT2D eigenvalue weighted by atomic mass is 9.81. The summed E-state index contributed by atoms with van der Waals surface area (Å²) < 4.78 is 38.8. The molecule has 2 saturated heterocycles. The summed E-state index contributed by atoms with van der Waals surface area (Å²) in [6.07, 6.45) is 8.15. The third kappa shape index (κ3) is 3.65. The SMILES string of the molecule is COc1ccc2c(c1)C1CC1(S(=O)(=O)N1C3CCC1CN(C)C3)Cn1c-2c(C2CCCCC2)c2ccc(C(=O)O)cc21. The van der Waals surface area contributed by atoms with E-state index in [1.807, 2.05) is 16.4 Å². The fourth-order valence-electron chi connectivity index (χ4n) is 9.11. The molecular formula is C33H39N3O5S. The fraction of sp³-hybridized carbons (Fsp3) is 0.545. The molecule has 3 aromatic rings.